The van der Waals surface area contributed by atoms with Crippen molar-refractivity contribution in [1.29, 1.82) is 0 Å². The normalized spacial score (nSPS) is 10.7. The third kappa shape index (κ3) is 4.14. The standard InChI is InChI=1S/C19H19NO4/c21-13-16-5-3-15(4-6-16)7-9-20-10-8-17(12-19(20)22)24-14-18-2-1-11-23-18/h1-6,8,10-12,21H,7,9,13-14H2. The van der Waals surface area contributed by atoms with Crippen LogP contribution in [-0.2, 0) is 26.2 Å². The Bertz CT molecular complexity index is 819. The fourth-order valence-electron chi connectivity index (χ4n) is 2.37. The molecule has 0 bridgehead atoms. The van der Waals surface area contributed by atoms with Crippen molar-refractivity contribution in [2.75, 3.05) is 0 Å². The van der Waals surface area contributed by atoms with E-state index in [1.54, 1.807) is 29.2 Å². The molecule has 124 valence electrons. The Morgan fingerprint density at radius 2 is 1.88 bits per heavy atom. The third-order valence-corrected chi connectivity index (χ3v) is 3.78. The van der Waals surface area contributed by atoms with E-state index in [4.69, 9.17) is 14.3 Å². The van der Waals surface area contributed by atoms with Gasteiger partial charge in [0.1, 0.15) is 18.1 Å². The molecule has 3 rings (SSSR count). The Labute approximate surface area is 139 Å². The summed E-state index contributed by atoms with van der Waals surface area (Å²) in [6.45, 7) is 0.933. The number of hydrogen-bond acceptors (Lipinski definition) is 4. The third-order valence-electron chi connectivity index (χ3n) is 3.78. The predicted molar refractivity (Wildman–Crippen MR) is 89.8 cm³/mol. The predicted octanol–water partition coefficient (Wildman–Crippen LogP) is 2.76. The van der Waals surface area contributed by atoms with Gasteiger partial charge in [-0.1, -0.05) is 24.3 Å². The second-order valence-corrected chi connectivity index (χ2v) is 5.49. The average Bonchev–Trinajstić information content (AvgIpc) is 3.13. The largest absolute Gasteiger partial charge is 0.485 e. The van der Waals surface area contributed by atoms with Crippen LogP contribution in [0.2, 0.25) is 0 Å². The van der Waals surface area contributed by atoms with E-state index in [9.17, 15) is 4.79 Å². The highest BCUT2D eigenvalue weighted by Crippen LogP contribution is 2.11. The van der Waals surface area contributed by atoms with E-state index >= 15 is 0 Å². The lowest BCUT2D eigenvalue weighted by atomic mass is 10.1. The zero-order valence-corrected chi connectivity index (χ0v) is 13.2. The fourth-order valence-corrected chi connectivity index (χ4v) is 2.37. The smallest absolute Gasteiger partial charge is 0.254 e. The summed E-state index contributed by atoms with van der Waals surface area (Å²) in [7, 11) is 0. The summed E-state index contributed by atoms with van der Waals surface area (Å²) in [5.74, 6) is 1.24. The molecule has 3 aromatic rings. The lowest BCUT2D eigenvalue weighted by Crippen LogP contribution is -2.19. The maximum absolute atomic E-state index is 12.1. The number of aryl methyl sites for hydroxylation is 2. The van der Waals surface area contributed by atoms with E-state index in [2.05, 4.69) is 0 Å². The number of aromatic nitrogens is 1. The minimum Gasteiger partial charge on any atom is -0.485 e. The van der Waals surface area contributed by atoms with E-state index in [1.165, 1.54) is 6.07 Å². The van der Waals surface area contributed by atoms with Gasteiger partial charge in [0, 0.05) is 18.8 Å². The van der Waals surface area contributed by atoms with Gasteiger partial charge >= 0.3 is 0 Å². The Morgan fingerprint density at radius 3 is 2.54 bits per heavy atom. The minimum atomic E-state index is -0.0982. The second-order valence-electron chi connectivity index (χ2n) is 5.49. The van der Waals surface area contributed by atoms with Crippen molar-refractivity contribution in [2.45, 2.75) is 26.2 Å². The summed E-state index contributed by atoms with van der Waals surface area (Å²) >= 11 is 0. The van der Waals surface area contributed by atoms with Crippen molar-refractivity contribution in [1.82, 2.24) is 4.57 Å². The van der Waals surface area contributed by atoms with Gasteiger partial charge in [0.05, 0.1) is 12.9 Å². The summed E-state index contributed by atoms with van der Waals surface area (Å²) in [6, 6.07) is 14.6. The van der Waals surface area contributed by atoms with Gasteiger partial charge in [-0.2, -0.15) is 0 Å². The lowest BCUT2D eigenvalue weighted by molar-refractivity contribution is 0.269. The molecule has 0 atom stereocenters. The average molecular weight is 325 g/mol. The van der Waals surface area contributed by atoms with Crippen LogP contribution in [0.15, 0.2) is 70.2 Å². The monoisotopic (exact) mass is 325 g/mol. The van der Waals surface area contributed by atoms with E-state index < -0.39 is 0 Å². The van der Waals surface area contributed by atoms with E-state index in [0.29, 0.717) is 24.7 Å². The van der Waals surface area contributed by atoms with Gasteiger partial charge in [-0.15, -0.1) is 0 Å². The molecule has 0 unspecified atom stereocenters. The molecular formula is C19H19NO4. The SMILES string of the molecule is O=c1cc(OCc2ccco2)ccn1CCc1ccc(CO)cc1. The summed E-state index contributed by atoms with van der Waals surface area (Å²) < 4.78 is 12.4. The highest BCUT2D eigenvalue weighted by atomic mass is 16.5. The summed E-state index contributed by atoms with van der Waals surface area (Å²) in [6.07, 6.45) is 4.07. The van der Waals surface area contributed by atoms with Crippen molar-refractivity contribution >= 4 is 0 Å². The maximum Gasteiger partial charge on any atom is 0.254 e. The first-order chi connectivity index (χ1) is 11.7. The van der Waals surface area contributed by atoms with Crippen LogP contribution in [-0.4, -0.2) is 9.67 Å². The van der Waals surface area contributed by atoms with Crippen molar-refractivity contribution < 1.29 is 14.3 Å². The maximum atomic E-state index is 12.1. The van der Waals surface area contributed by atoms with Crippen LogP contribution in [0.1, 0.15) is 16.9 Å². The number of nitrogens with zero attached hydrogens (tertiary/aromatic N) is 1. The van der Waals surface area contributed by atoms with Gasteiger partial charge in [0.25, 0.3) is 5.56 Å². The topological polar surface area (TPSA) is 64.6 Å². The molecule has 0 spiro atoms. The summed E-state index contributed by atoms with van der Waals surface area (Å²) in [5, 5.41) is 9.04. The fraction of sp³-hybridized carbons (Fsp3) is 0.211. The van der Waals surface area contributed by atoms with Gasteiger partial charge < -0.3 is 18.8 Å². The molecule has 2 heterocycles. The van der Waals surface area contributed by atoms with Crippen LogP contribution in [0, 0.1) is 0 Å². The molecule has 5 heteroatoms. The van der Waals surface area contributed by atoms with Gasteiger partial charge in [-0.3, -0.25) is 4.79 Å². The molecule has 1 N–H and O–H groups in total. The van der Waals surface area contributed by atoms with Crippen molar-refractivity contribution in [2.24, 2.45) is 0 Å². The van der Waals surface area contributed by atoms with Gasteiger partial charge in [-0.25, -0.2) is 0 Å². The molecule has 0 amide bonds. The molecule has 24 heavy (non-hydrogen) atoms. The molecule has 0 saturated heterocycles. The molecule has 1 aromatic carbocycles. The molecule has 0 radical (unpaired) electrons. The number of rotatable bonds is 7. The Morgan fingerprint density at radius 1 is 1.08 bits per heavy atom. The first-order valence-electron chi connectivity index (χ1n) is 7.79. The highest BCUT2D eigenvalue weighted by molar-refractivity contribution is 5.22. The van der Waals surface area contributed by atoms with Crippen LogP contribution in [0.3, 0.4) is 0 Å². The number of benzene rings is 1. The summed E-state index contributed by atoms with van der Waals surface area (Å²) in [4.78, 5) is 12.1. The van der Waals surface area contributed by atoms with Crippen LogP contribution < -0.4 is 10.3 Å². The van der Waals surface area contributed by atoms with Crippen LogP contribution in [0.4, 0.5) is 0 Å². The molecular weight excluding hydrogens is 306 g/mol. The van der Waals surface area contributed by atoms with Crippen LogP contribution in [0.5, 0.6) is 5.75 Å². The van der Waals surface area contributed by atoms with Crippen molar-refractivity contribution in [3.8, 4) is 5.75 Å². The zero-order chi connectivity index (χ0) is 16.8. The summed E-state index contributed by atoms with van der Waals surface area (Å²) in [5.41, 5.74) is 1.91. The molecule has 0 aliphatic carbocycles. The van der Waals surface area contributed by atoms with E-state index in [1.807, 2.05) is 30.3 Å². The number of furan rings is 1. The molecule has 0 aliphatic rings. The first kappa shape index (κ1) is 16.1. The first-order valence-corrected chi connectivity index (χ1v) is 7.79. The van der Waals surface area contributed by atoms with Crippen molar-refractivity contribution in [3.63, 3.8) is 0 Å². The van der Waals surface area contributed by atoms with Gasteiger partial charge in [-0.05, 0) is 35.7 Å². The molecule has 5 nitrogen and oxygen atoms in total. The second kappa shape index (κ2) is 7.66. The number of aliphatic hydroxyl groups excluding tert-OH is 1. The van der Waals surface area contributed by atoms with Gasteiger partial charge in [0.15, 0.2) is 0 Å². The van der Waals surface area contributed by atoms with E-state index in [-0.39, 0.29) is 12.2 Å². The molecule has 0 fully saturated rings. The Hall–Kier alpha value is -2.79. The minimum absolute atomic E-state index is 0.0409. The number of hydrogen-bond donors (Lipinski definition) is 1. The lowest BCUT2D eigenvalue weighted by Gasteiger charge is -2.08. The highest BCUT2D eigenvalue weighted by Gasteiger charge is 2.02. The molecule has 0 aliphatic heterocycles. The van der Waals surface area contributed by atoms with Crippen LogP contribution in [0.25, 0.3) is 0 Å². The van der Waals surface area contributed by atoms with Crippen molar-refractivity contribution in [3.05, 3.63) is 88.2 Å². The Kier molecular flexibility index (Phi) is 5.13. The molecule has 0 saturated carbocycles. The number of aliphatic hydroxyl groups is 1. The quantitative estimate of drug-likeness (QED) is 0.725. The van der Waals surface area contributed by atoms with E-state index in [0.717, 1.165) is 17.5 Å². The molecule has 2 aromatic heterocycles. The van der Waals surface area contributed by atoms with Gasteiger partial charge in [0.2, 0.25) is 0 Å². The number of ether oxygens (including phenoxy) is 1. The number of pyridine rings is 1. The van der Waals surface area contributed by atoms with Crippen LogP contribution >= 0.6 is 0 Å². The Balaban J connectivity index is 1.58. The zero-order valence-electron chi connectivity index (χ0n) is 13.2.